The first-order valence-corrected chi connectivity index (χ1v) is 14.5. The van der Waals surface area contributed by atoms with Gasteiger partial charge in [0, 0.05) is 5.41 Å². The molecule has 0 amide bonds. The molecule has 2 aliphatic rings. The number of hydrogen-bond acceptors (Lipinski definition) is 12. The molecule has 0 aliphatic carbocycles. The highest BCUT2D eigenvalue weighted by molar-refractivity contribution is 4.91. The summed E-state index contributed by atoms with van der Waals surface area (Å²) in [4.78, 5) is 0. The fourth-order valence-corrected chi connectivity index (χ4v) is 5.24. The zero-order valence-corrected chi connectivity index (χ0v) is 23.4. The van der Waals surface area contributed by atoms with Crippen LogP contribution in [0.5, 0.6) is 0 Å². The summed E-state index contributed by atoms with van der Waals surface area (Å²) in [7, 11) is 0. The topological polar surface area (TPSA) is 199 Å². The minimum absolute atomic E-state index is 0.0470. The maximum Gasteiger partial charge on any atom is 0.186 e. The van der Waals surface area contributed by atoms with Gasteiger partial charge in [-0.2, -0.15) is 0 Å². The van der Waals surface area contributed by atoms with E-state index in [2.05, 4.69) is 13.8 Å². The van der Waals surface area contributed by atoms with Crippen molar-refractivity contribution < 1.29 is 59.8 Å². The smallest absolute Gasteiger partial charge is 0.186 e. The van der Waals surface area contributed by atoms with Crippen LogP contribution in [-0.4, -0.2) is 129 Å². The van der Waals surface area contributed by atoms with Crippen LogP contribution in [-0.2, 0) is 18.9 Å². The van der Waals surface area contributed by atoms with E-state index in [4.69, 9.17) is 18.9 Å². The molecule has 8 N–H and O–H groups in total. The largest absolute Gasteiger partial charge is 0.394 e. The summed E-state index contributed by atoms with van der Waals surface area (Å²) in [6, 6.07) is 0. The third-order valence-corrected chi connectivity index (χ3v) is 7.93. The molecule has 0 saturated carbocycles. The highest BCUT2D eigenvalue weighted by atomic mass is 16.7. The maximum atomic E-state index is 10.5. The van der Waals surface area contributed by atoms with Gasteiger partial charge in [-0.1, -0.05) is 65.2 Å². The van der Waals surface area contributed by atoms with Gasteiger partial charge in [0.25, 0.3) is 0 Å². The van der Waals surface area contributed by atoms with Crippen molar-refractivity contribution in [3.05, 3.63) is 0 Å². The van der Waals surface area contributed by atoms with Crippen LogP contribution in [0.25, 0.3) is 0 Å². The van der Waals surface area contributed by atoms with Crippen LogP contribution < -0.4 is 0 Å². The number of aliphatic hydroxyl groups excluding tert-OH is 8. The van der Waals surface area contributed by atoms with Gasteiger partial charge in [-0.25, -0.2) is 0 Å². The van der Waals surface area contributed by atoms with Gasteiger partial charge in [0.05, 0.1) is 26.4 Å². The predicted octanol–water partition coefficient (Wildman–Crippen LogP) is -0.453. The molecule has 2 saturated heterocycles. The van der Waals surface area contributed by atoms with Gasteiger partial charge in [-0.3, -0.25) is 0 Å². The standard InChI is InChI=1S/C27H52O12/c1-3-5-7-9-11-27(12-10-8-6-4-2,15-36-25-23(34)21(32)19(30)17(13-28)38-25)16-37-26-24(35)22(33)20(31)18(14-29)39-26/h17-26,28-35H,3-16H2,1-2H3. The van der Waals surface area contributed by atoms with Gasteiger partial charge < -0.3 is 59.8 Å². The molecule has 0 spiro atoms. The van der Waals surface area contributed by atoms with Crippen LogP contribution in [0, 0.1) is 5.41 Å². The van der Waals surface area contributed by atoms with Crippen LogP contribution in [0.4, 0.5) is 0 Å². The molecule has 10 unspecified atom stereocenters. The van der Waals surface area contributed by atoms with Gasteiger partial charge in [-0.15, -0.1) is 0 Å². The van der Waals surface area contributed by atoms with Crippen LogP contribution in [0.1, 0.15) is 78.1 Å². The van der Waals surface area contributed by atoms with Gasteiger partial charge in [0.2, 0.25) is 0 Å². The molecule has 2 rings (SSSR count). The highest BCUT2D eigenvalue weighted by Gasteiger charge is 2.47. The molecule has 12 heteroatoms. The van der Waals surface area contributed by atoms with E-state index in [0.29, 0.717) is 12.8 Å². The van der Waals surface area contributed by atoms with E-state index in [1.54, 1.807) is 0 Å². The minimum atomic E-state index is -1.56. The van der Waals surface area contributed by atoms with Crippen LogP contribution in [0.15, 0.2) is 0 Å². The Morgan fingerprint density at radius 1 is 0.538 bits per heavy atom. The second-order valence-corrected chi connectivity index (χ2v) is 11.1. The molecule has 2 aliphatic heterocycles. The molecular weight excluding hydrogens is 516 g/mol. The first kappa shape index (κ1) is 34.7. The third kappa shape index (κ3) is 9.79. The van der Waals surface area contributed by atoms with E-state index in [1.807, 2.05) is 0 Å². The van der Waals surface area contributed by atoms with Gasteiger partial charge in [0.1, 0.15) is 48.8 Å². The van der Waals surface area contributed by atoms with Gasteiger partial charge in [0.15, 0.2) is 12.6 Å². The Balaban J connectivity index is 2.21. The minimum Gasteiger partial charge on any atom is -0.394 e. The quantitative estimate of drug-likeness (QED) is 0.0992. The first-order valence-electron chi connectivity index (χ1n) is 14.5. The molecule has 10 atom stereocenters. The molecule has 12 nitrogen and oxygen atoms in total. The van der Waals surface area contributed by atoms with Crippen molar-refractivity contribution in [2.45, 2.75) is 139 Å². The SMILES string of the molecule is CCCCCCC(CCCCCC)(COC1OC(CO)C(O)C(O)C1O)COC1OC(CO)C(O)C(O)C1O. The summed E-state index contributed by atoms with van der Waals surface area (Å²) in [5, 5.41) is 80.6. The molecule has 232 valence electrons. The Kier molecular flexibility index (Phi) is 15.6. The zero-order chi connectivity index (χ0) is 29.0. The molecule has 2 fully saturated rings. The molecule has 2 heterocycles. The van der Waals surface area contributed by atoms with Crippen LogP contribution in [0.3, 0.4) is 0 Å². The third-order valence-electron chi connectivity index (χ3n) is 7.93. The van der Waals surface area contributed by atoms with Crippen molar-refractivity contribution >= 4 is 0 Å². The van der Waals surface area contributed by atoms with Crippen molar-refractivity contribution in [2.24, 2.45) is 5.41 Å². The molecule has 0 bridgehead atoms. The average Bonchev–Trinajstić information content (AvgIpc) is 2.94. The summed E-state index contributed by atoms with van der Waals surface area (Å²) in [6.07, 6.45) is -4.74. The molecule has 0 aromatic heterocycles. The maximum absolute atomic E-state index is 10.5. The summed E-state index contributed by atoms with van der Waals surface area (Å²) in [5.74, 6) is 0. The number of rotatable bonds is 18. The lowest BCUT2D eigenvalue weighted by molar-refractivity contribution is -0.319. The van der Waals surface area contributed by atoms with E-state index < -0.39 is 80.0 Å². The first-order chi connectivity index (χ1) is 18.6. The van der Waals surface area contributed by atoms with Crippen molar-refractivity contribution in [3.8, 4) is 0 Å². The Morgan fingerprint density at radius 3 is 1.26 bits per heavy atom. The fraction of sp³-hybridized carbons (Fsp3) is 1.00. The highest BCUT2D eigenvalue weighted by Crippen LogP contribution is 2.36. The predicted molar refractivity (Wildman–Crippen MR) is 139 cm³/mol. The van der Waals surface area contributed by atoms with Gasteiger partial charge >= 0.3 is 0 Å². The van der Waals surface area contributed by atoms with E-state index in [0.717, 1.165) is 51.4 Å². The fourth-order valence-electron chi connectivity index (χ4n) is 5.24. The van der Waals surface area contributed by atoms with E-state index in [9.17, 15) is 40.9 Å². The van der Waals surface area contributed by atoms with E-state index in [1.165, 1.54) is 0 Å². The molecule has 39 heavy (non-hydrogen) atoms. The Labute approximate surface area is 231 Å². The monoisotopic (exact) mass is 568 g/mol. The van der Waals surface area contributed by atoms with Crippen LogP contribution in [0.2, 0.25) is 0 Å². The number of unbranched alkanes of at least 4 members (excludes halogenated alkanes) is 6. The van der Waals surface area contributed by atoms with Crippen LogP contribution >= 0.6 is 0 Å². The van der Waals surface area contributed by atoms with E-state index >= 15 is 0 Å². The lowest BCUT2D eigenvalue weighted by Gasteiger charge is -2.43. The second kappa shape index (κ2) is 17.5. The lowest BCUT2D eigenvalue weighted by Crippen LogP contribution is -2.60. The molecule has 0 aromatic carbocycles. The lowest BCUT2D eigenvalue weighted by atomic mass is 9.79. The molecule has 0 radical (unpaired) electrons. The van der Waals surface area contributed by atoms with Gasteiger partial charge in [-0.05, 0) is 12.8 Å². The Morgan fingerprint density at radius 2 is 0.923 bits per heavy atom. The van der Waals surface area contributed by atoms with E-state index in [-0.39, 0.29) is 13.2 Å². The Hall–Kier alpha value is -0.480. The molecule has 0 aromatic rings. The number of aliphatic hydroxyl groups is 8. The van der Waals surface area contributed by atoms with Crippen molar-refractivity contribution in [3.63, 3.8) is 0 Å². The summed E-state index contributed by atoms with van der Waals surface area (Å²) in [6.45, 7) is 3.19. The van der Waals surface area contributed by atoms with Crippen molar-refractivity contribution in [2.75, 3.05) is 26.4 Å². The summed E-state index contributed by atoms with van der Waals surface area (Å²) >= 11 is 0. The summed E-state index contributed by atoms with van der Waals surface area (Å²) < 4.78 is 23.1. The van der Waals surface area contributed by atoms with Crippen molar-refractivity contribution in [1.29, 1.82) is 0 Å². The number of hydrogen-bond donors (Lipinski definition) is 8. The summed E-state index contributed by atoms with van der Waals surface area (Å²) in [5.41, 5.74) is -0.626. The number of ether oxygens (including phenoxy) is 4. The Bertz CT molecular complexity index is 596. The zero-order valence-electron chi connectivity index (χ0n) is 23.4. The molecular formula is C27H52O12. The second-order valence-electron chi connectivity index (χ2n) is 11.1. The van der Waals surface area contributed by atoms with Crippen molar-refractivity contribution in [1.82, 2.24) is 0 Å². The normalized spacial score (nSPS) is 35.8. The average molecular weight is 569 g/mol.